The molecular weight excluding hydrogens is 260 g/mol. The van der Waals surface area contributed by atoms with Crippen LogP contribution in [0.15, 0.2) is 6.20 Å². The van der Waals surface area contributed by atoms with Crippen LogP contribution in [0.1, 0.15) is 37.1 Å². The lowest BCUT2D eigenvalue weighted by molar-refractivity contribution is 0.128. The number of rotatable bonds is 3. The van der Waals surface area contributed by atoms with Crippen molar-refractivity contribution in [2.24, 2.45) is 11.8 Å². The fourth-order valence-electron chi connectivity index (χ4n) is 4.03. The molecule has 0 spiro atoms. The van der Waals surface area contributed by atoms with Gasteiger partial charge in [0.2, 0.25) is 0 Å². The number of hydrogen-bond acceptors (Lipinski definition) is 4. The minimum absolute atomic E-state index is 0.728. The van der Waals surface area contributed by atoms with Crippen LogP contribution in [0, 0.1) is 25.7 Å². The summed E-state index contributed by atoms with van der Waals surface area (Å²) >= 11 is 0. The molecule has 2 atom stereocenters. The van der Waals surface area contributed by atoms with E-state index in [-0.39, 0.29) is 0 Å². The fraction of sp³-hybridized carbons (Fsp3) is 0.765. The van der Waals surface area contributed by atoms with Crippen molar-refractivity contribution in [1.82, 2.24) is 14.9 Å². The van der Waals surface area contributed by atoms with E-state index in [4.69, 9.17) is 4.98 Å². The quantitative estimate of drug-likeness (QED) is 0.854. The van der Waals surface area contributed by atoms with Gasteiger partial charge in [0, 0.05) is 38.4 Å². The number of nitrogens with zero attached hydrogens (tertiary/aromatic N) is 4. The number of anilines is 1. The Bertz CT molecular complexity index is 526. The summed E-state index contributed by atoms with van der Waals surface area (Å²) in [7, 11) is 0. The molecule has 1 aliphatic carbocycles. The molecule has 4 aliphatic rings. The molecule has 4 fully saturated rings. The highest BCUT2D eigenvalue weighted by Crippen LogP contribution is 2.35. The monoisotopic (exact) mass is 286 g/mol. The van der Waals surface area contributed by atoms with Gasteiger partial charge in [-0.2, -0.15) is 0 Å². The number of hydrogen-bond donors (Lipinski definition) is 0. The van der Waals surface area contributed by atoms with Crippen LogP contribution in [-0.4, -0.2) is 47.1 Å². The lowest BCUT2D eigenvalue weighted by Gasteiger charge is -2.36. The lowest BCUT2D eigenvalue weighted by atomic mass is 9.95. The first-order chi connectivity index (χ1) is 10.2. The summed E-state index contributed by atoms with van der Waals surface area (Å²) in [6.07, 6.45) is 7.55. The standard InChI is InChI=1S/C17H26N4/c1-12-7-18-13(2)17(19-12)21-10-15-5-6-16(11-21)20(9-15)8-14-3-4-14/h7,14-16H,3-6,8-11H2,1-2H3/t15-,16-/m0/s1. The van der Waals surface area contributed by atoms with Crippen molar-refractivity contribution in [3.63, 3.8) is 0 Å². The van der Waals surface area contributed by atoms with Crippen molar-refractivity contribution in [2.75, 3.05) is 31.1 Å². The van der Waals surface area contributed by atoms with E-state index in [1.165, 1.54) is 38.8 Å². The predicted molar refractivity (Wildman–Crippen MR) is 84.5 cm³/mol. The second-order valence-electron chi connectivity index (χ2n) is 7.32. The molecule has 0 amide bonds. The van der Waals surface area contributed by atoms with Crippen molar-refractivity contribution < 1.29 is 0 Å². The first-order valence-corrected chi connectivity index (χ1v) is 8.48. The Kier molecular flexibility index (Phi) is 3.37. The van der Waals surface area contributed by atoms with Crippen LogP contribution in [0.3, 0.4) is 0 Å². The number of fused-ring (bicyclic) bond motifs is 4. The van der Waals surface area contributed by atoms with Crippen molar-refractivity contribution in [3.05, 3.63) is 17.6 Å². The second kappa shape index (κ2) is 5.24. The second-order valence-corrected chi connectivity index (χ2v) is 7.32. The third kappa shape index (κ3) is 2.78. The average Bonchev–Trinajstić information content (AvgIpc) is 3.29. The zero-order valence-corrected chi connectivity index (χ0v) is 13.3. The molecular formula is C17H26N4. The molecule has 0 unspecified atom stereocenters. The van der Waals surface area contributed by atoms with Gasteiger partial charge in [-0.1, -0.05) is 0 Å². The fourth-order valence-corrected chi connectivity index (χ4v) is 4.03. The molecule has 21 heavy (non-hydrogen) atoms. The SMILES string of the molecule is Cc1cnc(C)c(N2C[C@H]3CC[C@@H](C2)N(CC2CC2)C3)n1. The Balaban J connectivity index is 1.56. The number of aromatic nitrogens is 2. The van der Waals surface area contributed by atoms with Crippen molar-refractivity contribution in [2.45, 2.75) is 45.6 Å². The van der Waals surface area contributed by atoms with Gasteiger partial charge in [0.25, 0.3) is 0 Å². The van der Waals surface area contributed by atoms with E-state index in [1.54, 1.807) is 0 Å². The third-order valence-electron chi connectivity index (χ3n) is 5.37. The maximum absolute atomic E-state index is 4.78. The van der Waals surface area contributed by atoms with Crippen LogP contribution >= 0.6 is 0 Å². The molecule has 0 aromatic carbocycles. The van der Waals surface area contributed by atoms with Crippen LogP contribution in [0.25, 0.3) is 0 Å². The predicted octanol–water partition coefficient (Wildman–Crippen LogP) is 2.40. The molecule has 0 radical (unpaired) electrons. The van der Waals surface area contributed by atoms with Gasteiger partial charge in [0.15, 0.2) is 0 Å². The largest absolute Gasteiger partial charge is 0.353 e. The molecule has 3 saturated heterocycles. The average molecular weight is 286 g/mol. The van der Waals surface area contributed by atoms with E-state index in [0.29, 0.717) is 0 Å². The molecule has 4 heteroatoms. The van der Waals surface area contributed by atoms with Gasteiger partial charge in [-0.15, -0.1) is 0 Å². The van der Waals surface area contributed by atoms with Gasteiger partial charge in [-0.3, -0.25) is 9.88 Å². The van der Waals surface area contributed by atoms with Crippen molar-refractivity contribution in [1.29, 1.82) is 0 Å². The van der Waals surface area contributed by atoms with E-state index in [2.05, 4.69) is 21.7 Å². The summed E-state index contributed by atoms with van der Waals surface area (Å²) in [6.45, 7) is 9.08. The Morgan fingerprint density at radius 1 is 1.10 bits per heavy atom. The summed E-state index contributed by atoms with van der Waals surface area (Å²) in [5, 5.41) is 0. The summed E-state index contributed by atoms with van der Waals surface area (Å²) in [5.41, 5.74) is 2.11. The van der Waals surface area contributed by atoms with Crippen LogP contribution in [-0.2, 0) is 0 Å². The summed E-state index contributed by atoms with van der Waals surface area (Å²) < 4.78 is 0. The molecule has 4 heterocycles. The summed E-state index contributed by atoms with van der Waals surface area (Å²) in [5.74, 6) is 2.93. The molecule has 1 aromatic heterocycles. The molecule has 2 bridgehead atoms. The maximum Gasteiger partial charge on any atom is 0.150 e. The highest BCUT2D eigenvalue weighted by molar-refractivity contribution is 5.44. The highest BCUT2D eigenvalue weighted by atomic mass is 15.3. The number of piperidine rings is 1. The Hall–Kier alpha value is -1.16. The minimum Gasteiger partial charge on any atom is -0.353 e. The van der Waals surface area contributed by atoms with Crippen molar-refractivity contribution >= 4 is 5.82 Å². The molecule has 1 aromatic rings. The number of aryl methyl sites for hydroxylation is 2. The third-order valence-corrected chi connectivity index (χ3v) is 5.37. The zero-order chi connectivity index (χ0) is 14.4. The normalized spacial score (nSPS) is 29.7. The minimum atomic E-state index is 0.728. The van der Waals surface area contributed by atoms with Crippen LogP contribution in [0.5, 0.6) is 0 Å². The lowest BCUT2D eigenvalue weighted by Crippen LogP contribution is -2.44. The molecule has 114 valence electrons. The van der Waals surface area contributed by atoms with E-state index < -0.39 is 0 Å². The molecule has 5 rings (SSSR count). The molecule has 0 N–H and O–H groups in total. The van der Waals surface area contributed by atoms with Gasteiger partial charge in [-0.25, -0.2) is 4.98 Å². The molecule has 4 nitrogen and oxygen atoms in total. The highest BCUT2D eigenvalue weighted by Gasteiger charge is 2.37. The van der Waals surface area contributed by atoms with E-state index >= 15 is 0 Å². The van der Waals surface area contributed by atoms with E-state index in [1.807, 2.05) is 13.1 Å². The zero-order valence-electron chi connectivity index (χ0n) is 13.3. The van der Waals surface area contributed by atoms with E-state index in [9.17, 15) is 0 Å². The smallest absolute Gasteiger partial charge is 0.150 e. The summed E-state index contributed by atoms with van der Waals surface area (Å²) in [4.78, 5) is 14.6. The Morgan fingerprint density at radius 2 is 1.95 bits per heavy atom. The van der Waals surface area contributed by atoms with Gasteiger partial charge < -0.3 is 4.90 Å². The Morgan fingerprint density at radius 3 is 2.76 bits per heavy atom. The maximum atomic E-state index is 4.78. The van der Waals surface area contributed by atoms with Gasteiger partial charge in [0.05, 0.1) is 11.4 Å². The van der Waals surface area contributed by atoms with E-state index in [0.717, 1.165) is 48.2 Å². The van der Waals surface area contributed by atoms with Gasteiger partial charge in [0.1, 0.15) is 5.82 Å². The van der Waals surface area contributed by atoms with Crippen LogP contribution in [0.2, 0.25) is 0 Å². The van der Waals surface area contributed by atoms with Crippen molar-refractivity contribution in [3.8, 4) is 0 Å². The Labute approximate surface area is 127 Å². The van der Waals surface area contributed by atoms with Gasteiger partial charge in [-0.05, 0) is 51.4 Å². The van der Waals surface area contributed by atoms with Gasteiger partial charge >= 0.3 is 0 Å². The summed E-state index contributed by atoms with van der Waals surface area (Å²) in [6, 6.07) is 0.728. The van der Waals surface area contributed by atoms with Crippen LogP contribution in [0.4, 0.5) is 5.82 Å². The molecule has 3 aliphatic heterocycles. The topological polar surface area (TPSA) is 32.3 Å². The first-order valence-electron chi connectivity index (χ1n) is 8.48. The first kappa shape index (κ1) is 13.5. The van der Waals surface area contributed by atoms with Crippen LogP contribution < -0.4 is 4.90 Å². The molecule has 1 saturated carbocycles.